The Kier molecular flexibility index (Phi) is 5.26. The van der Waals surface area contributed by atoms with Gasteiger partial charge in [-0.1, -0.05) is 26.8 Å². The molecule has 1 aromatic heterocycles. The maximum atomic E-state index is 11.7. The van der Waals surface area contributed by atoms with Crippen molar-refractivity contribution in [2.45, 2.75) is 26.8 Å². The molecule has 0 aliphatic rings. The van der Waals surface area contributed by atoms with Crippen molar-refractivity contribution in [2.24, 2.45) is 5.41 Å². The second-order valence-electron chi connectivity index (χ2n) is 5.36. The Hall–Kier alpha value is -1.89. The molecule has 3 N–H and O–H groups in total. The Balaban J connectivity index is 2.51. The molecule has 0 saturated heterocycles. The summed E-state index contributed by atoms with van der Waals surface area (Å²) in [5.41, 5.74) is -0.612. The van der Waals surface area contributed by atoms with E-state index in [-0.39, 0.29) is 12.5 Å². The summed E-state index contributed by atoms with van der Waals surface area (Å²) in [5, 5.41) is 15.7. The first-order chi connectivity index (χ1) is 9.21. The van der Waals surface area contributed by atoms with Gasteiger partial charge in [0.15, 0.2) is 0 Å². The quantitative estimate of drug-likeness (QED) is 0.758. The number of hydrogen-bond donors (Lipinski definition) is 3. The van der Waals surface area contributed by atoms with Gasteiger partial charge in [-0.15, -0.1) is 11.3 Å². The van der Waals surface area contributed by atoms with E-state index in [1.807, 2.05) is 0 Å². The Morgan fingerprint density at radius 1 is 1.35 bits per heavy atom. The third-order valence-electron chi connectivity index (χ3n) is 2.57. The minimum Gasteiger partial charge on any atom is -0.480 e. The summed E-state index contributed by atoms with van der Waals surface area (Å²) < 4.78 is 0. The number of thiophene rings is 1. The first-order valence-corrected chi connectivity index (χ1v) is 6.93. The van der Waals surface area contributed by atoms with E-state index >= 15 is 0 Å². The van der Waals surface area contributed by atoms with Crippen LogP contribution in [-0.4, -0.2) is 35.5 Å². The fourth-order valence-corrected chi connectivity index (χ4v) is 2.16. The van der Waals surface area contributed by atoms with Crippen molar-refractivity contribution in [3.05, 3.63) is 22.4 Å². The smallest absolute Gasteiger partial charge is 0.326 e. The molecule has 0 fully saturated rings. The molecule has 1 rings (SSSR count). The van der Waals surface area contributed by atoms with Crippen LogP contribution >= 0.6 is 11.3 Å². The van der Waals surface area contributed by atoms with E-state index in [0.29, 0.717) is 4.88 Å². The minimum atomic E-state index is -1.10. The van der Waals surface area contributed by atoms with E-state index in [2.05, 4.69) is 10.6 Å². The molecular formula is C13H18N2O4S. The molecule has 0 saturated carbocycles. The molecule has 0 aliphatic carbocycles. The SMILES string of the molecule is CC(C)(C)C(NC(=O)CNC(=O)c1cccs1)C(=O)O. The first kappa shape index (κ1) is 16.2. The number of hydrogen-bond acceptors (Lipinski definition) is 4. The monoisotopic (exact) mass is 298 g/mol. The van der Waals surface area contributed by atoms with Crippen molar-refractivity contribution in [3.8, 4) is 0 Å². The molecule has 6 nitrogen and oxygen atoms in total. The molecule has 0 bridgehead atoms. The van der Waals surface area contributed by atoms with Crippen LogP contribution in [0.15, 0.2) is 17.5 Å². The van der Waals surface area contributed by atoms with Gasteiger partial charge in [-0.3, -0.25) is 9.59 Å². The van der Waals surface area contributed by atoms with E-state index in [9.17, 15) is 14.4 Å². The Morgan fingerprint density at radius 3 is 2.45 bits per heavy atom. The maximum absolute atomic E-state index is 11.7. The highest BCUT2D eigenvalue weighted by Gasteiger charge is 2.32. The number of carboxylic acid groups (broad SMARTS) is 1. The molecule has 2 amide bonds. The number of carbonyl (C=O) groups is 3. The molecule has 1 heterocycles. The zero-order valence-corrected chi connectivity index (χ0v) is 12.4. The van der Waals surface area contributed by atoms with Crippen LogP contribution in [-0.2, 0) is 9.59 Å². The maximum Gasteiger partial charge on any atom is 0.326 e. The van der Waals surface area contributed by atoms with Gasteiger partial charge < -0.3 is 15.7 Å². The summed E-state index contributed by atoms with van der Waals surface area (Å²) in [6, 6.07) is 2.38. The predicted molar refractivity (Wildman–Crippen MR) is 75.7 cm³/mol. The van der Waals surface area contributed by atoms with Gasteiger partial charge in [0.25, 0.3) is 5.91 Å². The van der Waals surface area contributed by atoms with E-state index in [1.165, 1.54) is 11.3 Å². The van der Waals surface area contributed by atoms with Gasteiger partial charge in [0.05, 0.1) is 11.4 Å². The lowest BCUT2D eigenvalue weighted by atomic mass is 9.87. The highest BCUT2D eigenvalue weighted by molar-refractivity contribution is 7.12. The van der Waals surface area contributed by atoms with Crippen LogP contribution in [0.3, 0.4) is 0 Å². The molecule has 110 valence electrons. The predicted octanol–water partition coefficient (Wildman–Crippen LogP) is 1.09. The number of rotatable bonds is 5. The zero-order valence-electron chi connectivity index (χ0n) is 11.6. The molecular weight excluding hydrogens is 280 g/mol. The van der Waals surface area contributed by atoms with Crippen molar-refractivity contribution >= 4 is 29.1 Å². The van der Waals surface area contributed by atoms with Crippen molar-refractivity contribution in [1.82, 2.24) is 10.6 Å². The topological polar surface area (TPSA) is 95.5 Å². The van der Waals surface area contributed by atoms with Crippen molar-refractivity contribution in [1.29, 1.82) is 0 Å². The second kappa shape index (κ2) is 6.51. The molecule has 0 aromatic carbocycles. The molecule has 0 radical (unpaired) electrons. The lowest BCUT2D eigenvalue weighted by Gasteiger charge is -2.27. The fourth-order valence-electron chi connectivity index (χ4n) is 1.52. The van der Waals surface area contributed by atoms with E-state index in [0.717, 1.165) is 0 Å². The summed E-state index contributed by atoms with van der Waals surface area (Å²) in [5.74, 6) is -1.98. The van der Waals surface area contributed by atoms with Crippen LogP contribution < -0.4 is 10.6 Å². The Labute approximate surface area is 121 Å². The van der Waals surface area contributed by atoms with Crippen LogP contribution in [0.5, 0.6) is 0 Å². The number of nitrogens with one attached hydrogen (secondary N) is 2. The van der Waals surface area contributed by atoms with Gasteiger partial charge in [-0.25, -0.2) is 4.79 Å². The lowest BCUT2D eigenvalue weighted by Crippen LogP contribution is -2.51. The van der Waals surface area contributed by atoms with Crippen LogP contribution in [0.25, 0.3) is 0 Å². The normalized spacial score (nSPS) is 12.6. The highest BCUT2D eigenvalue weighted by Crippen LogP contribution is 2.19. The molecule has 1 atom stereocenters. The van der Waals surface area contributed by atoms with Crippen LogP contribution in [0, 0.1) is 5.41 Å². The van der Waals surface area contributed by atoms with Gasteiger partial charge >= 0.3 is 5.97 Å². The average molecular weight is 298 g/mol. The third-order valence-corrected chi connectivity index (χ3v) is 3.44. The summed E-state index contributed by atoms with van der Waals surface area (Å²) in [6.07, 6.45) is 0. The van der Waals surface area contributed by atoms with E-state index in [4.69, 9.17) is 5.11 Å². The van der Waals surface area contributed by atoms with Gasteiger partial charge in [0.1, 0.15) is 6.04 Å². The zero-order chi connectivity index (χ0) is 15.3. The number of aliphatic carboxylic acids is 1. The van der Waals surface area contributed by atoms with Gasteiger partial charge in [-0.05, 0) is 16.9 Å². The first-order valence-electron chi connectivity index (χ1n) is 6.05. The molecule has 1 aromatic rings. The molecule has 20 heavy (non-hydrogen) atoms. The average Bonchev–Trinajstić information content (AvgIpc) is 2.84. The van der Waals surface area contributed by atoms with Gasteiger partial charge in [-0.2, -0.15) is 0 Å². The van der Waals surface area contributed by atoms with Crippen molar-refractivity contribution in [3.63, 3.8) is 0 Å². The number of amides is 2. The second-order valence-corrected chi connectivity index (χ2v) is 6.31. The summed E-state index contributed by atoms with van der Waals surface area (Å²) in [6.45, 7) is 4.90. The van der Waals surface area contributed by atoms with E-state index < -0.39 is 23.3 Å². The third kappa shape index (κ3) is 4.65. The lowest BCUT2D eigenvalue weighted by molar-refractivity contribution is -0.144. The largest absolute Gasteiger partial charge is 0.480 e. The van der Waals surface area contributed by atoms with Crippen molar-refractivity contribution in [2.75, 3.05) is 6.54 Å². The van der Waals surface area contributed by atoms with Gasteiger partial charge in [0.2, 0.25) is 5.91 Å². The molecule has 0 aliphatic heterocycles. The standard InChI is InChI=1S/C13H18N2O4S/c1-13(2,3)10(12(18)19)15-9(16)7-14-11(17)8-5-4-6-20-8/h4-6,10H,7H2,1-3H3,(H,14,17)(H,15,16)(H,18,19). The molecule has 0 spiro atoms. The summed E-state index contributed by atoms with van der Waals surface area (Å²) in [7, 11) is 0. The summed E-state index contributed by atoms with van der Waals surface area (Å²) in [4.78, 5) is 34.9. The summed E-state index contributed by atoms with van der Waals surface area (Å²) >= 11 is 1.27. The van der Waals surface area contributed by atoms with Crippen LogP contribution in [0.2, 0.25) is 0 Å². The van der Waals surface area contributed by atoms with Crippen LogP contribution in [0.4, 0.5) is 0 Å². The van der Waals surface area contributed by atoms with Crippen LogP contribution in [0.1, 0.15) is 30.4 Å². The van der Waals surface area contributed by atoms with Crippen molar-refractivity contribution < 1.29 is 19.5 Å². The fraction of sp³-hybridized carbons (Fsp3) is 0.462. The molecule has 1 unspecified atom stereocenters. The minimum absolute atomic E-state index is 0.253. The number of carboxylic acids is 1. The van der Waals surface area contributed by atoms with E-state index in [1.54, 1.807) is 38.3 Å². The highest BCUT2D eigenvalue weighted by atomic mass is 32.1. The molecule has 7 heteroatoms. The number of carbonyl (C=O) groups excluding carboxylic acids is 2. The Bertz CT molecular complexity index is 491. The van der Waals surface area contributed by atoms with Gasteiger partial charge in [0, 0.05) is 0 Å². The Morgan fingerprint density at radius 2 is 2.00 bits per heavy atom.